The molecule has 0 aliphatic carbocycles. The second kappa shape index (κ2) is 6.70. The van der Waals surface area contributed by atoms with E-state index in [9.17, 15) is 4.79 Å². The van der Waals surface area contributed by atoms with Gasteiger partial charge in [-0.3, -0.25) is 5.41 Å². The molecule has 0 saturated carbocycles. The van der Waals surface area contributed by atoms with Gasteiger partial charge in [-0.1, -0.05) is 30.3 Å². The van der Waals surface area contributed by atoms with E-state index in [2.05, 4.69) is 5.32 Å². The Bertz CT molecular complexity index is 651. The van der Waals surface area contributed by atoms with Gasteiger partial charge in [0.05, 0.1) is 17.9 Å². The molecule has 0 aliphatic rings. The number of anilines is 1. The molecule has 4 heteroatoms. The molecular weight excluding hydrogens is 264 g/mol. The van der Waals surface area contributed by atoms with E-state index in [1.165, 1.54) is 0 Å². The topological polar surface area (TPSA) is 62.2 Å². The average Bonchev–Trinajstić information content (AvgIpc) is 2.54. The molecule has 0 unspecified atom stereocenters. The largest absolute Gasteiger partial charge is 0.462 e. The summed E-state index contributed by atoms with van der Waals surface area (Å²) in [7, 11) is 1.79. The van der Waals surface area contributed by atoms with Crippen molar-refractivity contribution < 1.29 is 9.53 Å². The summed E-state index contributed by atoms with van der Waals surface area (Å²) >= 11 is 0. The lowest BCUT2D eigenvalue weighted by molar-refractivity contribution is 0.0526. The minimum absolute atomic E-state index is 0.331. The number of nitrogens with one attached hydrogen (secondary N) is 2. The van der Waals surface area contributed by atoms with Gasteiger partial charge in [-0.05, 0) is 25.1 Å². The maximum Gasteiger partial charge on any atom is 0.338 e. The van der Waals surface area contributed by atoms with Gasteiger partial charge in [-0.25, -0.2) is 4.79 Å². The molecule has 2 aromatic carbocycles. The van der Waals surface area contributed by atoms with Crippen molar-refractivity contribution in [1.29, 1.82) is 5.41 Å². The van der Waals surface area contributed by atoms with Crippen LogP contribution in [-0.2, 0) is 4.74 Å². The molecule has 0 bridgehead atoms. The van der Waals surface area contributed by atoms with Gasteiger partial charge in [0.2, 0.25) is 0 Å². The summed E-state index contributed by atoms with van der Waals surface area (Å²) < 4.78 is 5.01. The zero-order valence-corrected chi connectivity index (χ0v) is 12.1. The molecule has 4 nitrogen and oxygen atoms in total. The first-order valence-electron chi connectivity index (χ1n) is 6.80. The first kappa shape index (κ1) is 14.8. The van der Waals surface area contributed by atoms with E-state index >= 15 is 0 Å². The summed E-state index contributed by atoms with van der Waals surface area (Å²) in [6, 6.07) is 14.6. The molecule has 0 saturated heterocycles. The molecule has 108 valence electrons. The lowest BCUT2D eigenvalue weighted by Gasteiger charge is -2.12. The van der Waals surface area contributed by atoms with Crippen LogP contribution in [0.1, 0.15) is 28.4 Å². The third-order valence-corrected chi connectivity index (χ3v) is 3.13. The van der Waals surface area contributed by atoms with Crippen molar-refractivity contribution in [2.75, 3.05) is 19.0 Å². The molecule has 0 amide bonds. The van der Waals surface area contributed by atoms with Gasteiger partial charge in [-0.15, -0.1) is 0 Å². The first-order valence-corrected chi connectivity index (χ1v) is 6.80. The summed E-state index contributed by atoms with van der Waals surface area (Å²) in [5.41, 5.74) is 3.10. The Labute approximate surface area is 124 Å². The zero-order valence-electron chi connectivity index (χ0n) is 12.1. The van der Waals surface area contributed by atoms with E-state index in [-0.39, 0.29) is 5.97 Å². The van der Waals surface area contributed by atoms with E-state index in [1.54, 1.807) is 32.2 Å². The summed E-state index contributed by atoms with van der Waals surface area (Å²) in [6.45, 7) is 2.10. The molecule has 2 N–H and O–H groups in total. The van der Waals surface area contributed by atoms with Crippen LogP contribution in [0.2, 0.25) is 0 Å². The summed E-state index contributed by atoms with van der Waals surface area (Å²) in [5.74, 6) is -0.373. The Kier molecular flexibility index (Phi) is 4.72. The van der Waals surface area contributed by atoms with Gasteiger partial charge in [-0.2, -0.15) is 0 Å². The molecule has 0 heterocycles. The van der Waals surface area contributed by atoms with Crippen LogP contribution in [-0.4, -0.2) is 25.3 Å². The van der Waals surface area contributed by atoms with Gasteiger partial charge < -0.3 is 10.1 Å². The van der Waals surface area contributed by atoms with E-state index < -0.39 is 0 Å². The highest BCUT2D eigenvalue weighted by Gasteiger charge is 2.14. The SMILES string of the molecule is CCOC(=O)c1ccc(NC)c(C(=N)c2ccccc2)c1. The Morgan fingerprint density at radius 2 is 1.86 bits per heavy atom. The number of esters is 1. The van der Waals surface area contributed by atoms with Crippen molar-refractivity contribution in [1.82, 2.24) is 0 Å². The predicted octanol–water partition coefficient (Wildman–Crippen LogP) is 3.32. The summed E-state index contributed by atoms with van der Waals surface area (Å²) in [4.78, 5) is 11.8. The number of benzene rings is 2. The molecule has 2 aromatic rings. The highest BCUT2D eigenvalue weighted by atomic mass is 16.5. The van der Waals surface area contributed by atoms with Crippen molar-refractivity contribution in [2.24, 2.45) is 0 Å². The minimum atomic E-state index is -0.373. The fourth-order valence-corrected chi connectivity index (χ4v) is 2.07. The van der Waals surface area contributed by atoms with Crippen LogP contribution >= 0.6 is 0 Å². The van der Waals surface area contributed by atoms with Crippen molar-refractivity contribution in [3.63, 3.8) is 0 Å². The standard InChI is InChI=1S/C17H18N2O2/c1-3-21-17(20)13-9-10-15(19-2)14(11-13)16(18)12-7-5-4-6-8-12/h4-11,18-19H,3H2,1-2H3. The van der Waals surface area contributed by atoms with Crippen LogP contribution in [0.3, 0.4) is 0 Å². The zero-order chi connectivity index (χ0) is 15.2. The van der Waals surface area contributed by atoms with E-state index in [0.29, 0.717) is 23.4 Å². The van der Waals surface area contributed by atoms with Crippen LogP contribution in [0.4, 0.5) is 5.69 Å². The van der Waals surface area contributed by atoms with Gasteiger partial charge >= 0.3 is 5.97 Å². The van der Waals surface area contributed by atoms with E-state index in [0.717, 1.165) is 11.3 Å². The van der Waals surface area contributed by atoms with Crippen LogP contribution in [0.25, 0.3) is 0 Å². The highest BCUT2D eigenvalue weighted by molar-refractivity contribution is 6.14. The normalized spacial score (nSPS) is 10.0. The number of carbonyl (C=O) groups is 1. The third kappa shape index (κ3) is 3.28. The molecule has 0 spiro atoms. The Morgan fingerprint density at radius 3 is 2.48 bits per heavy atom. The number of rotatable bonds is 5. The van der Waals surface area contributed by atoms with Gasteiger partial charge in [0.15, 0.2) is 0 Å². The Balaban J connectivity index is 2.43. The molecule has 2 rings (SSSR count). The smallest absolute Gasteiger partial charge is 0.338 e. The van der Waals surface area contributed by atoms with Crippen LogP contribution < -0.4 is 5.32 Å². The fraction of sp³-hybridized carbons (Fsp3) is 0.176. The van der Waals surface area contributed by atoms with Gasteiger partial charge in [0, 0.05) is 23.9 Å². The molecule has 0 aliphatic heterocycles. The average molecular weight is 282 g/mol. The Morgan fingerprint density at radius 1 is 1.14 bits per heavy atom. The molecule has 0 radical (unpaired) electrons. The predicted molar refractivity (Wildman–Crippen MR) is 84.3 cm³/mol. The Hall–Kier alpha value is -2.62. The fourth-order valence-electron chi connectivity index (χ4n) is 2.07. The number of ether oxygens (including phenoxy) is 1. The quantitative estimate of drug-likeness (QED) is 0.653. The maximum absolute atomic E-state index is 11.8. The second-order valence-corrected chi connectivity index (χ2v) is 4.47. The second-order valence-electron chi connectivity index (χ2n) is 4.47. The lowest BCUT2D eigenvalue weighted by atomic mass is 9.98. The monoisotopic (exact) mass is 282 g/mol. The number of carbonyl (C=O) groups excluding carboxylic acids is 1. The molecule has 0 fully saturated rings. The van der Waals surface area contributed by atoms with Gasteiger partial charge in [0.25, 0.3) is 0 Å². The van der Waals surface area contributed by atoms with E-state index in [1.807, 2.05) is 30.3 Å². The first-order chi connectivity index (χ1) is 10.2. The summed E-state index contributed by atoms with van der Waals surface area (Å²) in [6.07, 6.45) is 0. The minimum Gasteiger partial charge on any atom is -0.462 e. The molecule has 0 aromatic heterocycles. The van der Waals surface area contributed by atoms with Crippen LogP contribution in [0, 0.1) is 5.41 Å². The third-order valence-electron chi connectivity index (χ3n) is 3.13. The molecule has 0 atom stereocenters. The molecular formula is C17H18N2O2. The van der Waals surface area contributed by atoms with Crippen LogP contribution in [0.15, 0.2) is 48.5 Å². The summed E-state index contributed by atoms with van der Waals surface area (Å²) in [5, 5.41) is 11.4. The lowest BCUT2D eigenvalue weighted by Crippen LogP contribution is -2.10. The van der Waals surface area contributed by atoms with Crippen LogP contribution in [0.5, 0.6) is 0 Å². The van der Waals surface area contributed by atoms with Crippen molar-refractivity contribution >= 4 is 17.4 Å². The number of hydrogen-bond acceptors (Lipinski definition) is 4. The highest BCUT2D eigenvalue weighted by Crippen LogP contribution is 2.21. The molecule has 21 heavy (non-hydrogen) atoms. The van der Waals surface area contributed by atoms with Crippen molar-refractivity contribution in [3.8, 4) is 0 Å². The van der Waals surface area contributed by atoms with Gasteiger partial charge in [0.1, 0.15) is 0 Å². The maximum atomic E-state index is 11.8. The van der Waals surface area contributed by atoms with Crippen molar-refractivity contribution in [3.05, 3.63) is 65.2 Å². The van der Waals surface area contributed by atoms with E-state index in [4.69, 9.17) is 10.1 Å². The number of hydrogen-bond donors (Lipinski definition) is 2. The van der Waals surface area contributed by atoms with Crippen molar-refractivity contribution in [2.45, 2.75) is 6.92 Å².